The molecule has 3 aromatic rings. The van der Waals surface area contributed by atoms with Gasteiger partial charge in [0.05, 0.1) is 11.3 Å². The maximum Gasteiger partial charge on any atom is 0.416 e. The summed E-state index contributed by atoms with van der Waals surface area (Å²) in [5.41, 5.74) is 2.08. The monoisotopic (exact) mass is 402 g/mol. The first-order valence-electron chi connectivity index (χ1n) is 9.15. The van der Waals surface area contributed by atoms with Crippen LogP contribution in [0.4, 0.5) is 17.6 Å². The fraction of sp³-hybridized carbons (Fsp3) is 0.227. The van der Waals surface area contributed by atoms with Crippen molar-refractivity contribution in [2.24, 2.45) is 0 Å². The summed E-state index contributed by atoms with van der Waals surface area (Å²) in [5, 5.41) is 0. The van der Waals surface area contributed by atoms with Crippen molar-refractivity contribution in [1.82, 2.24) is 9.88 Å². The van der Waals surface area contributed by atoms with E-state index in [1.807, 2.05) is 23.1 Å². The average molecular weight is 402 g/mol. The Kier molecular flexibility index (Phi) is 5.24. The Hall–Kier alpha value is -2.93. The number of alkyl halides is 3. The molecule has 0 unspecified atom stereocenters. The lowest BCUT2D eigenvalue weighted by Crippen LogP contribution is -2.26. The van der Waals surface area contributed by atoms with E-state index in [9.17, 15) is 17.6 Å². The van der Waals surface area contributed by atoms with Gasteiger partial charge in [-0.25, -0.2) is 4.39 Å². The SMILES string of the molecule is Fc1cccnc1CN1CCOc2ccc(-c3ccc(C(F)(F)F)cc3)cc2C1. The molecule has 7 heteroatoms. The molecule has 2 aromatic carbocycles. The van der Waals surface area contributed by atoms with E-state index in [0.717, 1.165) is 29.0 Å². The Labute approximate surface area is 165 Å². The minimum absolute atomic E-state index is 0.347. The van der Waals surface area contributed by atoms with E-state index in [1.165, 1.54) is 18.2 Å². The number of hydrogen-bond acceptors (Lipinski definition) is 3. The van der Waals surface area contributed by atoms with Crippen LogP contribution in [0.15, 0.2) is 60.8 Å². The van der Waals surface area contributed by atoms with E-state index in [1.54, 1.807) is 12.3 Å². The van der Waals surface area contributed by atoms with Gasteiger partial charge < -0.3 is 4.74 Å². The topological polar surface area (TPSA) is 25.4 Å². The first kappa shape index (κ1) is 19.4. The summed E-state index contributed by atoms with van der Waals surface area (Å²) in [6.07, 6.45) is -2.80. The number of hydrogen-bond donors (Lipinski definition) is 0. The smallest absolute Gasteiger partial charge is 0.416 e. The Balaban J connectivity index is 1.57. The molecule has 4 rings (SSSR count). The first-order chi connectivity index (χ1) is 13.9. The normalized spacial score (nSPS) is 14.8. The second-order valence-electron chi connectivity index (χ2n) is 6.89. The third kappa shape index (κ3) is 4.40. The van der Waals surface area contributed by atoms with Gasteiger partial charge in [0.15, 0.2) is 0 Å². The number of nitrogens with zero attached hydrogens (tertiary/aromatic N) is 2. The lowest BCUT2D eigenvalue weighted by Gasteiger charge is -2.19. The van der Waals surface area contributed by atoms with Crippen LogP contribution in [0.1, 0.15) is 16.8 Å². The third-order valence-electron chi connectivity index (χ3n) is 4.87. The van der Waals surface area contributed by atoms with Crippen molar-refractivity contribution in [2.45, 2.75) is 19.3 Å². The van der Waals surface area contributed by atoms with Gasteiger partial charge in [-0.15, -0.1) is 0 Å². The average Bonchev–Trinajstić information content (AvgIpc) is 2.90. The predicted molar refractivity (Wildman–Crippen MR) is 101 cm³/mol. The largest absolute Gasteiger partial charge is 0.492 e. The molecule has 1 aliphatic rings. The molecule has 0 saturated heterocycles. The van der Waals surface area contributed by atoms with Gasteiger partial charge >= 0.3 is 6.18 Å². The standard InChI is InChI=1S/C22H18F4N2O/c23-19-2-1-9-27-20(19)14-28-10-11-29-21-8-5-16(12-17(21)13-28)15-3-6-18(7-4-15)22(24,25)26/h1-9,12H,10-11,13-14H2. The molecule has 0 N–H and O–H groups in total. The van der Waals surface area contributed by atoms with Crippen molar-refractivity contribution in [3.8, 4) is 16.9 Å². The van der Waals surface area contributed by atoms with Gasteiger partial charge in [0.1, 0.15) is 18.2 Å². The highest BCUT2D eigenvalue weighted by Crippen LogP contribution is 2.33. The number of halogens is 4. The molecule has 0 bridgehead atoms. The minimum atomic E-state index is -4.36. The maximum atomic E-state index is 13.9. The van der Waals surface area contributed by atoms with E-state index in [-0.39, 0.29) is 5.82 Å². The van der Waals surface area contributed by atoms with Crippen molar-refractivity contribution >= 4 is 0 Å². The first-order valence-corrected chi connectivity index (χ1v) is 9.15. The van der Waals surface area contributed by atoms with Crippen molar-refractivity contribution < 1.29 is 22.3 Å². The minimum Gasteiger partial charge on any atom is -0.492 e. The van der Waals surface area contributed by atoms with Gasteiger partial charge in [0.2, 0.25) is 0 Å². The molecular formula is C22H18F4N2O. The summed E-state index contributed by atoms with van der Waals surface area (Å²) < 4.78 is 58.1. The number of benzene rings is 2. The van der Waals surface area contributed by atoms with Crippen LogP contribution in [-0.4, -0.2) is 23.0 Å². The van der Waals surface area contributed by atoms with E-state index in [4.69, 9.17) is 4.74 Å². The highest BCUT2D eigenvalue weighted by atomic mass is 19.4. The molecular weight excluding hydrogens is 384 g/mol. The van der Waals surface area contributed by atoms with Gasteiger partial charge in [-0.05, 0) is 47.5 Å². The fourth-order valence-electron chi connectivity index (χ4n) is 3.36. The van der Waals surface area contributed by atoms with Crippen LogP contribution in [0.5, 0.6) is 5.75 Å². The molecule has 3 nitrogen and oxygen atoms in total. The predicted octanol–water partition coefficient (Wildman–Crippen LogP) is 5.30. The van der Waals surface area contributed by atoms with E-state index in [0.29, 0.717) is 37.5 Å². The molecule has 2 heterocycles. The number of pyridine rings is 1. The highest BCUT2D eigenvalue weighted by Gasteiger charge is 2.30. The van der Waals surface area contributed by atoms with Gasteiger partial charge in [0.25, 0.3) is 0 Å². The molecule has 0 fully saturated rings. The summed E-state index contributed by atoms with van der Waals surface area (Å²) in [5.74, 6) is 0.376. The Morgan fingerprint density at radius 1 is 1.00 bits per heavy atom. The van der Waals surface area contributed by atoms with Crippen LogP contribution in [0.25, 0.3) is 11.1 Å². The van der Waals surface area contributed by atoms with Crippen LogP contribution in [0.3, 0.4) is 0 Å². The van der Waals surface area contributed by atoms with Crippen LogP contribution in [0.2, 0.25) is 0 Å². The van der Waals surface area contributed by atoms with Gasteiger partial charge in [-0.3, -0.25) is 9.88 Å². The van der Waals surface area contributed by atoms with Crippen molar-refractivity contribution in [3.05, 3.63) is 83.4 Å². The van der Waals surface area contributed by atoms with Gasteiger partial charge in [0, 0.05) is 31.4 Å². The summed E-state index contributed by atoms with van der Waals surface area (Å²) in [6.45, 7) is 1.95. The molecule has 0 atom stereocenters. The third-order valence-corrected chi connectivity index (χ3v) is 4.87. The second kappa shape index (κ2) is 7.83. The Morgan fingerprint density at radius 3 is 2.48 bits per heavy atom. The van der Waals surface area contributed by atoms with Crippen LogP contribution < -0.4 is 4.74 Å². The molecule has 0 aliphatic carbocycles. The lowest BCUT2D eigenvalue weighted by molar-refractivity contribution is -0.137. The zero-order chi connectivity index (χ0) is 20.4. The van der Waals surface area contributed by atoms with Crippen molar-refractivity contribution in [3.63, 3.8) is 0 Å². The summed E-state index contributed by atoms with van der Waals surface area (Å²) in [4.78, 5) is 6.14. The second-order valence-corrected chi connectivity index (χ2v) is 6.89. The van der Waals surface area contributed by atoms with E-state index < -0.39 is 11.7 Å². The lowest BCUT2D eigenvalue weighted by atomic mass is 10.0. The van der Waals surface area contributed by atoms with Crippen LogP contribution >= 0.6 is 0 Å². The Bertz CT molecular complexity index is 1000. The Morgan fingerprint density at radius 2 is 1.76 bits per heavy atom. The summed E-state index contributed by atoms with van der Waals surface area (Å²) in [7, 11) is 0. The molecule has 0 saturated carbocycles. The number of rotatable bonds is 3. The highest BCUT2D eigenvalue weighted by molar-refractivity contribution is 5.66. The number of aromatic nitrogens is 1. The van der Waals surface area contributed by atoms with Gasteiger partial charge in [-0.1, -0.05) is 18.2 Å². The molecule has 1 aromatic heterocycles. The van der Waals surface area contributed by atoms with E-state index in [2.05, 4.69) is 4.98 Å². The number of ether oxygens (including phenoxy) is 1. The van der Waals surface area contributed by atoms with Gasteiger partial charge in [-0.2, -0.15) is 13.2 Å². The summed E-state index contributed by atoms with van der Waals surface area (Å²) >= 11 is 0. The molecule has 0 amide bonds. The summed E-state index contributed by atoms with van der Waals surface area (Å²) in [6, 6.07) is 13.6. The molecule has 1 aliphatic heterocycles. The fourth-order valence-corrected chi connectivity index (χ4v) is 3.36. The maximum absolute atomic E-state index is 13.9. The number of fused-ring (bicyclic) bond motifs is 1. The van der Waals surface area contributed by atoms with Crippen molar-refractivity contribution in [1.29, 1.82) is 0 Å². The molecule has 0 spiro atoms. The molecule has 0 radical (unpaired) electrons. The molecule has 29 heavy (non-hydrogen) atoms. The van der Waals surface area contributed by atoms with Crippen molar-refractivity contribution in [2.75, 3.05) is 13.2 Å². The quantitative estimate of drug-likeness (QED) is 0.556. The van der Waals surface area contributed by atoms with E-state index >= 15 is 0 Å². The zero-order valence-corrected chi connectivity index (χ0v) is 15.4. The van der Waals surface area contributed by atoms with Crippen LogP contribution in [0, 0.1) is 5.82 Å². The van der Waals surface area contributed by atoms with Crippen LogP contribution in [-0.2, 0) is 19.3 Å². The molecule has 150 valence electrons. The zero-order valence-electron chi connectivity index (χ0n) is 15.4.